The molecule has 0 radical (unpaired) electrons. The van der Waals surface area contributed by atoms with Crippen LogP contribution in [0, 0.1) is 12.7 Å². The third kappa shape index (κ3) is 3.34. The predicted molar refractivity (Wildman–Crippen MR) is 61.6 cm³/mol. The molecular formula is C11H14FNO3S. The molecule has 1 N–H and O–H groups in total. The van der Waals surface area contributed by atoms with E-state index in [1.807, 2.05) is 0 Å². The Bertz CT molecular complexity index is 540. The van der Waals surface area contributed by atoms with Gasteiger partial charge in [-0.25, -0.2) is 17.5 Å². The van der Waals surface area contributed by atoms with Crippen molar-refractivity contribution in [3.05, 3.63) is 29.6 Å². The summed E-state index contributed by atoms with van der Waals surface area (Å²) in [5.74, 6) is -0.936. The Balaban J connectivity index is 3.13. The second-order valence-electron chi connectivity index (χ2n) is 3.86. The van der Waals surface area contributed by atoms with Crippen molar-refractivity contribution < 1.29 is 17.6 Å². The number of carbonyl (C=O) groups excluding carboxylic acids is 1. The maximum atomic E-state index is 13.0. The lowest BCUT2D eigenvalue weighted by Crippen LogP contribution is -2.37. The fourth-order valence-corrected chi connectivity index (χ4v) is 2.76. The second-order valence-corrected chi connectivity index (χ2v) is 5.55. The number of hydrogen-bond donors (Lipinski definition) is 1. The summed E-state index contributed by atoms with van der Waals surface area (Å²) >= 11 is 0. The van der Waals surface area contributed by atoms with Crippen LogP contribution in [0.25, 0.3) is 0 Å². The van der Waals surface area contributed by atoms with E-state index in [-0.39, 0.29) is 10.7 Å². The average Bonchev–Trinajstić information content (AvgIpc) is 2.20. The maximum Gasteiger partial charge on any atom is 0.241 e. The highest BCUT2D eigenvalue weighted by Gasteiger charge is 2.21. The molecule has 0 aliphatic heterocycles. The molecule has 1 aromatic carbocycles. The summed E-state index contributed by atoms with van der Waals surface area (Å²) in [7, 11) is -3.87. The first-order valence-electron chi connectivity index (χ1n) is 5.03. The van der Waals surface area contributed by atoms with E-state index in [1.54, 1.807) is 6.92 Å². The number of rotatable bonds is 4. The van der Waals surface area contributed by atoms with Gasteiger partial charge in [0.05, 0.1) is 10.9 Å². The van der Waals surface area contributed by atoms with E-state index in [9.17, 15) is 17.6 Å². The molecule has 17 heavy (non-hydrogen) atoms. The van der Waals surface area contributed by atoms with Crippen molar-refractivity contribution in [3.63, 3.8) is 0 Å². The van der Waals surface area contributed by atoms with E-state index >= 15 is 0 Å². The highest BCUT2D eigenvalue weighted by Crippen LogP contribution is 2.16. The van der Waals surface area contributed by atoms with E-state index in [4.69, 9.17) is 0 Å². The zero-order chi connectivity index (χ0) is 13.2. The molecule has 0 aliphatic carbocycles. The lowest BCUT2D eigenvalue weighted by Gasteiger charge is -2.12. The third-order valence-electron chi connectivity index (χ3n) is 2.38. The van der Waals surface area contributed by atoms with Crippen molar-refractivity contribution in [2.75, 3.05) is 0 Å². The van der Waals surface area contributed by atoms with Crippen LogP contribution in [0.2, 0.25) is 0 Å². The number of benzene rings is 1. The zero-order valence-corrected chi connectivity index (χ0v) is 10.6. The summed E-state index contributed by atoms with van der Waals surface area (Å²) in [6, 6.07) is 2.66. The molecule has 0 heterocycles. The highest BCUT2D eigenvalue weighted by atomic mass is 32.2. The van der Waals surface area contributed by atoms with Crippen LogP contribution in [-0.2, 0) is 14.8 Å². The van der Waals surface area contributed by atoms with E-state index in [0.717, 1.165) is 6.07 Å². The Morgan fingerprint density at radius 1 is 1.41 bits per heavy atom. The first-order chi connectivity index (χ1) is 7.74. The minimum Gasteiger partial charge on any atom is -0.298 e. The van der Waals surface area contributed by atoms with Gasteiger partial charge in [0.1, 0.15) is 11.6 Å². The normalized spacial score (nSPS) is 13.4. The quantitative estimate of drug-likeness (QED) is 0.888. The van der Waals surface area contributed by atoms with Crippen LogP contribution in [0.5, 0.6) is 0 Å². The number of Topliss-reactive ketones (excluding diaryl/α,β-unsaturated/α-hetero) is 1. The summed E-state index contributed by atoms with van der Waals surface area (Å²) in [5.41, 5.74) is 0.426. The Morgan fingerprint density at radius 3 is 2.53 bits per heavy atom. The van der Waals surface area contributed by atoms with Crippen LogP contribution < -0.4 is 4.72 Å². The highest BCUT2D eigenvalue weighted by molar-refractivity contribution is 7.89. The van der Waals surface area contributed by atoms with Gasteiger partial charge in [0.2, 0.25) is 10.0 Å². The number of aryl methyl sites for hydroxylation is 1. The summed E-state index contributed by atoms with van der Waals surface area (Å²) in [5, 5.41) is 0. The molecule has 0 aliphatic rings. The number of sulfonamides is 1. The van der Waals surface area contributed by atoms with Gasteiger partial charge in [-0.1, -0.05) is 6.07 Å². The third-order valence-corrected chi connectivity index (χ3v) is 4.06. The Morgan fingerprint density at radius 2 is 2.00 bits per heavy atom. The van der Waals surface area contributed by atoms with Crippen LogP contribution in [0.1, 0.15) is 19.4 Å². The minimum atomic E-state index is -3.87. The largest absolute Gasteiger partial charge is 0.298 e. The fourth-order valence-electron chi connectivity index (χ4n) is 1.24. The van der Waals surface area contributed by atoms with Crippen LogP contribution in [0.4, 0.5) is 4.39 Å². The summed E-state index contributed by atoms with van der Waals surface area (Å²) in [6.45, 7) is 4.28. The van der Waals surface area contributed by atoms with Crippen molar-refractivity contribution in [1.29, 1.82) is 0 Å². The zero-order valence-electron chi connectivity index (χ0n) is 9.82. The second kappa shape index (κ2) is 4.93. The molecule has 0 saturated heterocycles. The minimum absolute atomic E-state index is 0.148. The van der Waals surface area contributed by atoms with Crippen molar-refractivity contribution in [1.82, 2.24) is 4.72 Å². The van der Waals surface area contributed by atoms with E-state index in [0.29, 0.717) is 5.56 Å². The molecule has 1 aromatic rings. The molecule has 4 nitrogen and oxygen atoms in total. The molecule has 94 valence electrons. The fraction of sp³-hybridized carbons (Fsp3) is 0.364. The van der Waals surface area contributed by atoms with E-state index in [1.165, 1.54) is 26.0 Å². The van der Waals surface area contributed by atoms with Gasteiger partial charge in [-0.2, -0.15) is 0 Å². The van der Waals surface area contributed by atoms with Crippen molar-refractivity contribution >= 4 is 15.8 Å². The smallest absolute Gasteiger partial charge is 0.241 e. The number of halogens is 1. The van der Waals surface area contributed by atoms with Crippen LogP contribution in [0.15, 0.2) is 23.1 Å². The lowest BCUT2D eigenvalue weighted by molar-refractivity contribution is -0.118. The summed E-state index contributed by atoms with van der Waals surface area (Å²) < 4.78 is 39.0. The molecular weight excluding hydrogens is 245 g/mol. The van der Waals surface area contributed by atoms with Gasteiger partial charge in [0.25, 0.3) is 0 Å². The number of nitrogens with one attached hydrogen (secondary N) is 1. The molecule has 0 saturated carbocycles. The predicted octanol–water partition coefficient (Wildman–Crippen LogP) is 1.39. The van der Waals surface area contributed by atoms with Crippen molar-refractivity contribution in [2.24, 2.45) is 0 Å². The SMILES string of the molecule is CC(=O)C(C)NS(=O)(=O)c1cc(F)ccc1C. The van der Waals surface area contributed by atoms with Gasteiger partial charge < -0.3 is 0 Å². The molecule has 0 fully saturated rings. The topological polar surface area (TPSA) is 63.2 Å². The number of hydrogen-bond acceptors (Lipinski definition) is 3. The molecule has 6 heteroatoms. The monoisotopic (exact) mass is 259 g/mol. The molecule has 0 amide bonds. The summed E-state index contributed by atoms with van der Waals surface area (Å²) in [4.78, 5) is 10.9. The first-order valence-corrected chi connectivity index (χ1v) is 6.51. The van der Waals surface area contributed by atoms with Gasteiger partial charge in [-0.3, -0.25) is 4.79 Å². The standard InChI is InChI=1S/C11H14FNO3S/c1-7-4-5-10(12)6-11(7)17(15,16)13-8(2)9(3)14/h4-6,8,13H,1-3H3. The van der Waals surface area contributed by atoms with E-state index in [2.05, 4.69) is 4.72 Å². The van der Waals surface area contributed by atoms with Gasteiger partial charge in [0.15, 0.2) is 0 Å². The van der Waals surface area contributed by atoms with Gasteiger partial charge in [0, 0.05) is 0 Å². The Kier molecular flexibility index (Phi) is 4.00. The Labute approximate surface area is 99.9 Å². The van der Waals surface area contributed by atoms with Gasteiger partial charge in [-0.05, 0) is 38.5 Å². The average molecular weight is 259 g/mol. The van der Waals surface area contributed by atoms with Crippen molar-refractivity contribution in [2.45, 2.75) is 31.7 Å². The molecule has 1 unspecified atom stereocenters. The lowest BCUT2D eigenvalue weighted by atomic mass is 10.2. The van der Waals surface area contributed by atoms with Crippen molar-refractivity contribution in [3.8, 4) is 0 Å². The van der Waals surface area contributed by atoms with Gasteiger partial charge in [-0.15, -0.1) is 0 Å². The van der Waals surface area contributed by atoms with Crippen LogP contribution in [0.3, 0.4) is 0 Å². The molecule has 0 bridgehead atoms. The van der Waals surface area contributed by atoms with E-state index < -0.39 is 21.9 Å². The molecule has 1 atom stereocenters. The summed E-state index contributed by atoms with van der Waals surface area (Å²) in [6.07, 6.45) is 0. The molecule has 0 aromatic heterocycles. The Hall–Kier alpha value is -1.27. The maximum absolute atomic E-state index is 13.0. The van der Waals surface area contributed by atoms with Gasteiger partial charge >= 0.3 is 0 Å². The molecule has 0 spiro atoms. The first kappa shape index (κ1) is 13.8. The van der Waals surface area contributed by atoms with Crippen LogP contribution >= 0.6 is 0 Å². The number of ketones is 1. The molecule has 1 rings (SSSR count). The van der Waals surface area contributed by atoms with Crippen LogP contribution in [-0.4, -0.2) is 20.2 Å². The number of carbonyl (C=O) groups is 1.